The molecule has 0 atom stereocenters. The van der Waals surface area contributed by atoms with Gasteiger partial charge in [0.1, 0.15) is 18.2 Å². The molecule has 11 nitrogen and oxygen atoms in total. The summed E-state index contributed by atoms with van der Waals surface area (Å²) in [5.41, 5.74) is 5.12. The number of rotatable bonds is 10. The fourth-order valence-electron chi connectivity index (χ4n) is 6.06. The number of fused-ring (bicyclic) bond motifs is 3. The number of anilines is 2. The summed E-state index contributed by atoms with van der Waals surface area (Å²) in [6.07, 6.45) is 2.65. The molecule has 2 fully saturated rings. The van der Waals surface area contributed by atoms with Gasteiger partial charge in [0.05, 0.1) is 29.2 Å². The first-order valence-corrected chi connectivity index (χ1v) is 16.5. The van der Waals surface area contributed by atoms with Crippen LogP contribution in [0.25, 0.3) is 11.3 Å². The van der Waals surface area contributed by atoms with E-state index in [0.717, 1.165) is 79.5 Å². The van der Waals surface area contributed by atoms with Crippen molar-refractivity contribution < 1.29 is 41.0 Å². The summed E-state index contributed by atoms with van der Waals surface area (Å²) >= 11 is 0. The lowest BCUT2D eigenvalue weighted by Crippen LogP contribution is -2.48. The van der Waals surface area contributed by atoms with Crippen LogP contribution in [0, 0.1) is 5.92 Å². The number of nitrogens with two attached hydrogens (primary N) is 1. The molecule has 46 heavy (non-hydrogen) atoms. The Morgan fingerprint density at radius 1 is 1.02 bits per heavy atom. The van der Waals surface area contributed by atoms with Gasteiger partial charge in [-0.25, -0.2) is 13.4 Å². The zero-order chi connectivity index (χ0) is 32.6. The number of piperazine rings is 1. The molecule has 0 spiro atoms. The molecule has 2 aliphatic carbocycles. The molecule has 6 rings (SSSR count). The predicted molar refractivity (Wildman–Crippen MR) is 162 cm³/mol. The number of ether oxygens (including phenoxy) is 2. The van der Waals surface area contributed by atoms with Gasteiger partial charge in [0.15, 0.2) is 0 Å². The Hall–Kier alpha value is -3.95. The lowest BCUT2D eigenvalue weighted by Gasteiger charge is -2.38. The summed E-state index contributed by atoms with van der Waals surface area (Å²) in [6, 6.07) is 10.1. The number of halogens is 3. The summed E-state index contributed by atoms with van der Waals surface area (Å²) < 4.78 is 73.4. The van der Waals surface area contributed by atoms with E-state index < -0.39 is 26.2 Å². The number of alkyl halides is 3. The van der Waals surface area contributed by atoms with E-state index in [1.165, 1.54) is 12.1 Å². The number of carboxylic acid groups (broad SMARTS) is 1. The monoisotopic (exact) mass is 661 g/mol. The van der Waals surface area contributed by atoms with E-state index in [4.69, 9.17) is 20.3 Å². The van der Waals surface area contributed by atoms with Crippen molar-refractivity contribution in [3.8, 4) is 17.0 Å². The fourth-order valence-corrected chi connectivity index (χ4v) is 6.82. The number of aliphatic carboxylic acids is 1. The van der Waals surface area contributed by atoms with Gasteiger partial charge in [0.2, 0.25) is 5.95 Å². The standard InChI is InChI=1S/C31H34F3N5O6S/c32-31(33,34)46(42,43)24-5-1-19(2-6-24)18-45-22-4-8-25-20(15-22)3-7-26-27(25)36-30(35)37-28(26)39-11-9-38(10-12-39)13-14-44-23-16-21(17-23)29(40)41/h1-2,4-6,8,15,21,23H,3,7,9-14,16-18H2,(H,40,41)(H2,35,36,37). The highest BCUT2D eigenvalue weighted by molar-refractivity contribution is 7.92. The molecule has 3 aliphatic rings. The molecule has 1 saturated heterocycles. The van der Waals surface area contributed by atoms with Crippen molar-refractivity contribution >= 4 is 27.6 Å². The van der Waals surface area contributed by atoms with Crippen LogP contribution in [0.2, 0.25) is 0 Å². The summed E-state index contributed by atoms with van der Waals surface area (Å²) in [5, 5.41) is 9.02. The van der Waals surface area contributed by atoms with Crippen LogP contribution < -0.4 is 15.4 Å². The van der Waals surface area contributed by atoms with Crippen molar-refractivity contribution in [2.45, 2.75) is 48.8 Å². The van der Waals surface area contributed by atoms with Crippen LogP contribution in [-0.2, 0) is 38.8 Å². The molecular weight excluding hydrogens is 627 g/mol. The maximum absolute atomic E-state index is 12.8. The van der Waals surface area contributed by atoms with Gasteiger partial charge >= 0.3 is 11.5 Å². The highest BCUT2D eigenvalue weighted by Crippen LogP contribution is 2.39. The molecule has 2 aromatic carbocycles. The maximum Gasteiger partial charge on any atom is 0.501 e. The Bertz CT molecular complexity index is 1710. The molecule has 0 unspecified atom stereocenters. The zero-order valence-electron chi connectivity index (χ0n) is 24.9. The van der Waals surface area contributed by atoms with E-state index in [1.807, 2.05) is 12.1 Å². The van der Waals surface area contributed by atoms with Crippen molar-refractivity contribution in [2.75, 3.05) is 50.0 Å². The number of aromatic nitrogens is 2. The molecule has 0 bridgehead atoms. The van der Waals surface area contributed by atoms with E-state index in [2.05, 4.69) is 19.8 Å². The summed E-state index contributed by atoms with van der Waals surface area (Å²) in [7, 11) is -5.40. The van der Waals surface area contributed by atoms with Crippen LogP contribution in [0.1, 0.15) is 29.5 Å². The van der Waals surface area contributed by atoms with E-state index in [-0.39, 0.29) is 24.6 Å². The van der Waals surface area contributed by atoms with Gasteiger partial charge in [-0.2, -0.15) is 18.2 Å². The first-order chi connectivity index (χ1) is 21.9. The van der Waals surface area contributed by atoms with Gasteiger partial charge in [-0.05, 0) is 67.1 Å². The topological polar surface area (TPSA) is 148 Å². The van der Waals surface area contributed by atoms with Crippen molar-refractivity contribution in [1.82, 2.24) is 14.9 Å². The number of carboxylic acids is 1. The van der Waals surface area contributed by atoms with E-state index in [0.29, 0.717) is 37.2 Å². The lowest BCUT2D eigenvalue weighted by molar-refractivity contribution is -0.151. The molecule has 1 saturated carbocycles. The fraction of sp³-hybridized carbons (Fsp3) is 0.452. The van der Waals surface area contributed by atoms with Crippen LogP contribution in [0.15, 0.2) is 47.4 Å². The Morgan fingerprint density at radius 3 is 2.41 bits per heavy atom. The third-order valence-electron chi connectivity index (χ3n) is 8.80. The molecule has 1 aromatic heterocycles. The minimum atomic E-state index is -5.40. The third kappa shape index (κ3) is 6.62. The highest BCUT2D eigenvalue weighted by atomic mass is 32.2. The van der Waals surface area contributed by atoms with Crippen LogP contribution in [0.5, 0.6) is 5.75 Å². The first kappa shape index (κ1) is 32.0. The molecule has 246 valence electrons. The Kier molecular flexibility index (Phi) is 8.83. The molecule has 3 N–H and O–H groups in total. The van der Waals surface area contributed by atoms with Gasteiger partial charge < -0.3 is 25.2 Å². The zero-order valence-corrected chi connectivity index (χ0v) is 25.7. The Labute approximate surface area is 264 Å². The molecule has 15 heteroatoms. The van der Waals surface area contributed by atoms with E-state index >= 15 is 0 Å². The third-order valence-corrected chi connectivity index (χ3v) is 10.3. The molecule has 2 heterocycles. The van der Waals surface area contributed by atoms with E-state index in [1.54, 1.807) is 6.07 Å². The quantitative estimate of drug-likeness (QED) is 0.328. The SMILES string of the molecule is Nc1nc2c(c(N3CCN(CCOC4CC(C(=O)O)C4)CC3)n1)CCc1cc(OCc3ccc(S(=O)(=O)C(F)(F)F)cc3)ccc1-2. The average Bonchev–Trinajstić information content (AvgIpc) is 3.00. The maximum atomic E-state index is 12.8. The predicted octanol–water partition coefficient (Wildman–Crippen LogP) is 3.70. The molecule has 3 aromatic rings. The van der Waals surface area contributed by atoms with Gasteiger partial charge in [0, 0.05) is 43.9 Å². The molecule has 1 aliphatic heterocycles. The second kappa shape index (κ2) is 12.7. The van der Waals surface area contributed by atoms with Crippen molar-refractivity contribution in [1.29, 1.82) is 0 Å². The van der Waals surface area contributed by atoms with Gasteiger partial charge in [-0.3, -0.25) is 9.69 Å². The Morgan fingerprint density at radius 2 is 1.74 bits per heavy atom. The van der Waals surface area contributed by atoms with Crippen LogP contribution in [0.4, 0.5) is 24.9 Å². The second-order valence-corrected chi connectivity index (χ2v) is 13.7. The summed E-state index contributed by atoms with van der Waals surface area (Å²) in [5.74, 6) is 0.572. The summed E-state index contributed by atoms with van der Waals surface area (Å²) in [6.45, 7) is 4.63. The van der Waals surface area contributed by atoms with Crippen LogP contribution in [0.3, 0.4) is 0 Å². The normalized spacial score (nSPS) is 20.0. The highest BCUT2D eigenvalue weighted by Gasteiger charge is 2.46. The van der Waals surface area contributed by atoms with Gasteiger partial charge in [-0.15, -0.1) is 0 Å². The minimum absolute atomic E-state index is 0.0403. The smallest absolute Gasteiger partial charge is 0.489 e. The Balaban J connectivity index is 1.06. The van der Waals surface area contributed by atoms with E-state index in [9.17, 15) is 26.4 Å². The average molecular weight is 662 g/mol. The number of nitrogens with zero attached hydrogens (tertiary/aromatic N) is 4. The number of nitrogen functional groups attached to an aromatic ring is 1. The minimum Gasteiger partial charge on any atom is -0.489 e. The molecule has 0 radical (unpaired) electrons. The second-order valence-electron chi connectivity index (χ2n) is 11.8. The molecular formula is C31H34F3N5O6S. The number of carbonyl (C=O) groups is 1. The van der Waals surface area contributed by atoms with Crippen molar-refractivity contribution in [3.05, 3.63) is 59.2 Å². The molecule has 0 amide bonds. The van der Waals surface area contributed by atoms with Crippen molar-refractivity contribution in [2.24, 2.45) is 5.92 Å². The number of benzene rings is 2. The largest absolute Gasteiger partial charge is 0.501 e. The summed E-state index contributed by atoms with van der Waals surface area (Å²) in [4.78, 5) is 23.9. The van der Waals surface area contributed by atoms with Gasteiger partial charge in [-0.1, -0.05) is 12.1 Å². The number of sulfone groups is 1. The van der Waals surface area contributed by atoms with Crippen LogP contribution in [-0.4, -0.2) is 85.3 Å². The number of hydrogen-bond donors (Lipinski definition) is 2. The van der Waals surface area contributed by atoms with Crippen LogP contribution >= 0.6 is 0 Å². The van der Waals surface area contributed by atoms with Gasteiger partial charge in [0.25, 0.3) is 9.84 Å². The van der Waals surface area contributed by atoms with Crippen molar-refractivity contribution in [3.63, 3.8) is 0 Å². The number of hydrogen-bond acceptors (Lipinski definition) is 10. The number of aryl methyl sites for hydroxylation is 1. The lowest BCUT2D eigenvalue weighted by atomic mass is 9.82. The first-order valence-electron chi connectivity index (χ1n) is 15.0.